The Morgan fingerprint density at radius 2 is 1.55 bits per heavy atom. The van der Waals surface area contributed by atoms with Gasteiger partial charge in [0.25, 0.3) is 0 Å². The first kappa shape index (κ1) is 31.7. The summed E-state index contributed by atoms with van der Waals surface area (Å²) in [6, 6.07) is 19.5. The highest BCUT2D eigenvalue weighted by atomic mass is 16.7. The van der Waals surface area contributed by atoms with E-state index in [9.17, 15) is 35.1 Å². The van der Waals surface area contributed by atoms with E-state index in [4.69, 9.17) is 9.47 Å². The summed E-state index contributed by atoms with van der Waals surface area (Å²) in [5.41, 5.74) is 2.26. The van der Waals surface area contributed by atoms with Crippen LogP contribution in [0.2, 0.25) is 0 Å². The molecule has 47 heavy (non-hydrogen) atoms. The standard InChI is InChI=1S/C38H40O9/c39-19-30-34(42)36(44)37(45)38(47-30)46-29-11-5-10-26-32(29)35(43)31-27(33(26)41)17-21(18-28(31)40)16-25-9-4-3-8-24(25)15-20-12-13-22-6-1-2-7-23(22)14-20/h1-2,5-7,10-14,17-18,24-25,27,30-31,34,36-40,42,44-45H,3-4,8-9,15-16,19H2. The number of carbonyl (C=O) groups is 2. The topological polar surface area (TPSA) is 154 Å². The summed E-state index contributed by atoms with van der Waals surface area (Å²) in [5, 5.41) is 54.1. The highest BCUT2D eigenvalue weighted by molar-refractivity contribution is 6.19. The summed E-state index contributed by atoms with van der Waals surface area (Å²) in [5.74, 6) is -2.19. The van der Waals surface area contributed by atoms with Crippen LogP contribution in [0.1, 0.15) is 58.4 Å². The Balaban J connectivity index is 1.11. The lowest BCUT2D eigenvalue weighted by Crippen LogP contribution is -2.60. The van der Waals surface area contributed by atoms with Gasteiger partial charge in [0.15, 0.2) is 11.6 Å². The molecule has 3 aromatic carbocycles. The van der Waals surface area contributed by atoms with Crippen molar-refractivity contribution in [3.05, 3.63) is 101 Å². The van der Waals surface area contributed by atoms with E-state index in [1.54, 1.807) is 12.1 Å². The largest absolute Gasteiger partial charge is 0.511 e. The molecule has 4 aliphatic rings. The minimum atomic E-state index is -1.69. The normalized spacial score (nSPS) is 32.3. The Bertz CT molecular complexity index is 1740. The van der Waals surface area contributed by atoms with Crippen LogP contribution in [0.3, 0.4) is 0 Å². The third-order valence-corrected chi connectivity index (χ3v) is 10.5. The first-order chi connectivity index (χ1) is 22.7. The van der Waals surface area contributed by atoms with E-state index in [0.717, 1.165) is 31.3 Å². The average molecular weight is 641 g/mol. The summed E-state index contributed by atoms with van der Waals surface area (Å²) in [6.07, 6.45) is 1.99. The Kier molecular flexibility index (Phi) is 8.76. The maximum Gasteiger partial charge on any atom is 0.229 e. The van der Waals surface area contributed by atoms with Gasteiger partial charge in [0, 0.05) is 5.56 Å². The number of fused-ring (bicyclic) bond motifs is 3. The number of rotatable bonds is 7. The highest BCUT2D eigenvalue weighted by Gasteiger charge is 2.48. The van der Waals surface area contributed by atoms with Crippen LogP contribution in [-0.2, 0) is 11.2 Å². The van der Waals surface area contributed by atoms with Crippen molar-refractivity contribution in [3.8, 4) is 5.75 Å². The van der Waals surface area contributed by atoms with E-state index in [2.05, 4.69) is 36.4 Å². The third-order valence-electron chi connectivity index (χ3n) is 10.5. The number of aliphatic hydroxyl groups excluding tert-OH is 5. The molecule has 2 fully saturated rings. The van der Waals surface area contributed by atoms with Crippen molar-refractivity contribution in [2.45, 2.75) is 69.2 Å². The Hall–Kier alpha value is -3.86. The predicted octanol–water partition coefficient (Wildman–Crippen LogP) is 4.45. The fourth-order valence-electron chi connectivity index (χ4n) is 8.00. The lowest BCUT2D eigenvalue weighted by atomic mass is 9.68. The third kappa shape index (κ3) is 5.91. The lowest BCUT2D eigenvalue weighted by Gasteiger charge is -2.40. The van der Waals surface area contributed by atoms with Gasteiger partial charge in [-0.1, -0.05) is 73.5 Å². The van der Waals surface area contributed by atoms with E-state index in [-0.39, 0.29) is 28.4 Å². The zero-order valence-corrected chi connectivity index (χ0v) is 25.9. The van der Waals surface area contributed by atoms with Crippen LogP contribution >= 0.6 is 0 Å². The van der Waals surface area contributed by atoms with Crippen LogP contribution in [-0.4, -0.2) is 74.4 Å². The van der Waals surface area contributed by atoms with Gasteiger partial charge in [0.1, 0.15) is 35.9 Å². The molecule has 1 heterocycles. The van der Waals surface area contributed by atoms with Gasteiger partial charge in [-0.25, -0.2) is 0 Å². The molecule has 1 saturated carbocycles. The van der Waals surface area contributed by atoms with Crippen LogP contribution in [0.4, 0.5) is 0 Å². The minimum absolute atomic E-state index is 0.0461. The molecule has 3 aliphatic carbocycles. The van der Waals surface area contributed by atoms with Crippen molar-refractivity contribution >= 4 is 22.3 Å². The van der Waals surface area contributed by atoms with Gasteiger partial charge < -0.3 is 35.0 Å². The van der Waals surface area contributed by atoms with Crippen LogP contribution < -0.4 is 4.74 Å². The fraction of sp³-hybridized carbons (Fsp3) is 0.421. The molecule has 5 N–H and O–H groups in total. The second-order valence-corrected chi connectivity index (χ2v) is 13.4. The Morgan fingerprint density at radius 3 is 2.32 bits per heavy atom. The molecule has 0 radical (unpaired) electrons. The van der Waals surface area contributed by atoms with Crippen LogP contribution in [0.15, 0.2) is 84.1 Å². The number of Topliss-reactive ketones (excluding diaryl/α,β-unsaturated/α-hetero) is 2. The molecule has 9 nitrogen and oxygen atoms in total. The highest BCUT2D eigenvalue weighted by Crippen LogP contribution is 2.44. The number of ether oxygens (including phenoxy) is 2. The van der Waals surface area contributed by atoms with E-state index in [0.29, 0.717) is 18.3 Å². The zero-order chi connectivity index (χ0) is 32.8. The molecule has 246 valence electrons. The summed E-state index contributed by atoms with van der Waals surface area (Å²) in [6.45, 7) is -0.642. The number of hydrogen-bond donors (Lipinski definition) is 5. The SMILES string of the molecule is O=C1c2cccc(OC3OC(CO)C(O)C(O)C3O)c2C(=O)C2C(O)=CC(CC3CCCCC3Cc3ccc4ccccc4c3)=CC12. The molecule has 1 saturated heterocycles. The van der Waals surface area contributed by atoms with Crippen molar-refractivity contribution < 1.29 is 44.6 Å². The van der Waals surface area contributed by atoms with Gasteiger partial charge >= 0.3 is 0 Å². The lowest BCUT2D eigenvalue weighted by molar-refractivity contribution is -0.277. The van der Waals surface area contributed by atoms with Gasteiger partial charge in [-0.2, -0.15) is 0 Å². The quantitative estimate of drug-likeness (QED) is 0.252. The molecule has 1 aliphatic heterocycles. The smallest absolute Gasteiger partial charge is 0.229 e. The first-order valence-corrected chi connectivity index (χ1v) is 16.5. The van der Waals surface area contributed by atoms with Crippen molar-refractivity contribution in [2.24, 2.45) is 23.7 Å². The van der Waals surface area contributed by atoms with Gasteiger partial charge in [0.2, 0.25) is 6.29 Å². The summed E-state index contributed by atoms with van der Waals surface area (Å²) >= 11 is 0. The molecule has 0 spiro atoms. The summed E-state index contributed by atoms with van der Waals surface area (Å²) in [4.78, 5) is 27.9. The summed E-state index contributed by atoms with van der Waals surface area (Å²) < 4.78 is 11.3. The van der Waals surface area contributed by atoms with Gasteiger partial charge in [-0.05, 0) is 71.6 Å². The molecule has 9 atom stereocenters. The van der Waals surface area contributed by atoms with E-state index in [1.807, 2.05) is 12.1 Å². The predicted molar refractivity (Wildman–Crippen MR) is 173 cm³/mol. The molecule has 7 rings (SSSR count). The molecule has 9 unspecified atom stereocenters. The van der Waals surface area contributed by atoms with E-state index < -0.39 is 54.9 Å². The maximum atomic E-state index is 13.9. The fourth-order valence-corrected chi connectivity index (χ4v) is 8.00. The van der Waals surface area contributed by atoms with Crippen LogP contribution in [0.25, 0.3) is 10.8 Å². The van der Waals surface area contributed by atoms with Crippen LogP contribution in [0, 0.1) is 23.7 Å². The van der Waals surface area contributed by atoms with Crippen molar-refractivity contribution in [2.75, 3.05) is 6.61 Å². The van der Waals surface area contributed by atoms with Crippen molar-refractivity contribution in [1.82, 2.24) is 0 Å². The molecule has 0 bridgehead atoms. The van der Waals surface area contributed by atoms with Crippen molar-refractivity contribution in [1.29, 1.82) is 0 Å². The average Bonchev–Trinajstić information content (AvgIpc) is 3.08. The second kappa shape index (κ2) is 13.0. The van der Waals surface area contributed by atoms with Gasteiger partial charge in [0.05, 0.1) is 24.0 Å². The van der Waals surface area contributed by atoms with E-state index >= 15 is 0 Å². The molecular weight excluding hydrogens is 600 g/mol. The number of aliphatic hydroxyl groups is 5. The minimum Gasteiger partial charge on any atom is -0.511 e. The zero-order valence-electron chi connectivity index (χ0n) is 25.9. The van der Waals surface area contributed by atoms with Crippen LogP contribution in [0.5, 0.6) is 5.75 Å². The number of carbonyl (C=O) groups excluding carboxylic acids is 2. The monoisotopic (exact) mass is 640 g/mol. The number of hydrogen-bond acceptors (Lipinski definition) is 9. The first-order valence-electron chi connectivity index (χ1n) is 16.5. The summed E-state index contributed by atoms with van der Waals surface area (Å²) in [7, 11) is 0. The van der Waals surface area contributed by atoms with Gasteiger partial charge in [-0.3, -0.25) is 9.59 Å². The molecule has 3 aromatic rings. The maximum absolute atomic E-state index is 13.9. The molecule has 9 heteroatoms. The number of benzene rings is 3. The van der Waals surface area contributed by atoms with Crippen molar-refractivity contribution in [3.63, 3.8) is 0 Å². The van der Waals surface area contributed by atoms with E-state index in [1.165, 1.54) is 34.9 Å². The second-order valence-electron chi connectivity index (χ2n) is 13.4. The molecular formula is C38H40O9. The number of allylic oxidation sites excluding steroid dienone is 4. The number of ketones is 2. The van der Waals surface area contributed by atoms with Gasteiger partial charge in [-0.15, -0.1) is 0 Å². The molecule has 0 amide bonds. The molecule has 0 aromatic heterocycles. The Labute approximate surface area is 272 Å². The Morgan fingerprint density at radius 1 is 0.809 bits per heavy atom.